The van der Waals surface area contributed by atoms with E-state index in [0.717, 1.165) is 6.07 Å². The van der Waals surface area contributed by atoms with E-state index in [0.29, 0.717) is 22.0 Å². The van der Waals surface area contributed by atoms with E-state index in [1.54, 1.807) is 18.7 Å². The Morgan fingerprint density at radius 2 is 2.20 bits per heavy atom. The minimum atomic E-state index is -0.576. The van der Waals surface area contributed by atoms with Crippen molar-refractivity contribution in [2.24, 2.45) is 7.05 Å². The maximum atomic E-state index is 13.8. The van der Waals surface area contributed by atoms with Crippen LogP contribution >= 0.6 is 11.6 Å². The standard InChI is InChI=1S/C14H14ClFN2O2/c1-8-14(15)12(18(3)17-8)7-20-13-5-4-10(9(2)19)6-11(13)16/h4-6H,7H2,1-3H3. The molecule has 0 radical (unpaired) electrons. The smallest absolute Gasteiger partial charge is 0.165 e. The molecule has 0 aliphatic rings. The van der Waals surface area contributed by atoms with Crippen LogP contribution in [0, 0.1) is 12.7 Å². The van der Waals surface area contributed by atoms with E-state index in [-0.39, 0.29) is 18.1 Å². The monoisotopic (exact) mass is 296 g/mol. The number of rotatable bonds is 4. The van der Waals surface area contributed by atoms with Crippen LogP contribution in [0.25, 0.3) is 0 Å². The Labute approximate surface area is 121 Å². The quantitative estimate of drug-likeness (QED) is 0.813. The topological polar surface area (TPSA) is 44.1 Å². The third-order valence-electron chi connectivity index (χ3n) is 2.96. The minimum Gasteiger partial charge on any atom is -0.484 e. The second-order valence-electron chi connectivity index (χ2n) is 4.46. The predicted molar refractivity (Wildman–Crippen MR) is 73.7 cm³/mol. The van der Waals surface area contributed by atoms with Crippen LogP contribution in [-0.4, -0.2) is 15.6 Å². The lowest BCUT2D eigenvalue weighted by Gasteiger charge is -2.08. The van der Waals surface area contributed by atoms with Crippen molar-refractivity contribution in [2.45, 2.75) is 20.5 Å². The molecule has 2 aromatic rings. The van der Waals surface area contributed by atoms with Crippen molar-refractivity contribution in [1.82, 2.24) is 9.78 Å². The Bertz CT molecular complexity index is 667. The third kappa shape index (κ3) is 2.82. The highest BCUT2D eigenvalue weighted by Gasteiger charge is 2.13. The summed E-state index contributed by atoms with van der Waals surface area (Å²) in [7, 11) is 1.74. The molecule has 1 heterocycles. The van der Waals surface area contributed by atoms with Gasteiger partial charge in [-0.15, -0.1) is 0 Å². The van der Waals surface area contributed by atoms with Crippen LogP contribution < -0.4 is 4.74 Å². The van der Waals surface area contributed by atoms with Gasteiger partial charge >= 0.3 is 0 Å². The Balaban J connectivity index is 2.17. The van der Waals surface area contributed by atoms with Gasteiger partial charge in [0.15, 0.2) is 17.3 Å². The van der Waals surface area contributed by atoms with Gasteiger partial charge in [-0.3, -0.25) is 9.48 Å². The Kier molecular flexibility index (Phi) is 4.09. The molecule has 0 spiro atoms. The molecule has 1 aromatic carbocycles. The van der Waals surface area contributed by atoms with Crippen LogP contribution in [0.3, 0.4) is 0 Å². The maximum Gasteiger partial charge on any atom is 0.165 e. The summed E-state index contributed by atoms with van der Waals surface area (Å²) in [5, 5.41) is 4.66. The number of aromatic nitrogens is 2. The van der Waals surface area contributed by atoms with Gasteiger partial charge in [-0.2, -0.15) is 5.10 Å². The second kappa shape index (κ2) is 5.63. The van der Waals surface area contributed by atoms with Crippen molar-refractivity contribution in [1.29, 1.82) is 0 Å². The summed E-state index contributed by atoms with van der Waals surface area (Å²) in [4.78, 5) is 11.1. The van der Waals surface area contributed by atoms with E-state index in [9.17, 15) is 9.18 Å². The van der Waals surface area contributed by atoms with Gasteiger partial charge in [0.25, 0.3) is 0 Å². The van der Waals surface area contributed by atoms with Crippen molar-refractivity contribution in [3.63, 3.8) is 0 Å². The first-order valence-electron chi connectivity index (χ1n) is 6.01. The average Bonchev–Trinajstić information content (AvgIpc) is 2.62. The second-order valence-corrected chi connectivity index (χ2v) is 4.84. The number of carbonyl (C=O) groups is 1. The Morgan fingerprint density at radius 3 is 2.70 bits per heavy atom. The van der Waals surface area contributed by atoms with Crippen LogP contribution in [0.15, 0.2) is 18.2 Å². The van der Waals surface area contributed by atoms with Gasteiger partial charge in [0, 0.05) is 12.6 Å². The van der Waals surface area contributed by atoms with E-state index >= 15 is 0 Å². The van der Waals surface area contributed by atoms with Crippen LogP contribution in [0.5, 0.6) is 5.75 Å². The van der Waals surface area contributed by atoms with Gasteiger partial charge < -0.3 is 4.74 Å². The molecule has 106 valence electrons. The third-order valence-corrected chi connectivity index (χ3v) is 3.46. The van der Waals surface area contributed by atoms with E-state index in [1.165, 1.54) is 19.1 Å². The number of ketones is 1. The SMILES string of the molecule is CC(=O)c1ccc(OCc2c(Cl)c(C)nn2C)c(F)c1. The molecule has 0 amide bonds. The zero-order valence-electron chi connectivity index (χ0n) is 11.4. The van der Waals surface area contributed by atoms with Gasteiger partial charge in [0.2, 0.25) is 0 Å². The van der Waals surface area contributed by atoms with E-state index < -0.39 is 5.82 Å². The number of carbonyl (C=O) groups excluding carboxylic acids is 1. The zero-order chi connectivity index (χ0) is 14.9. The molecular formula is C14H14ClFN2O2. The highest BCUT2D eigenvalue weighted by molar-refractivity contribution is 6.31. The van der Waals surface area contributed by atoms with Crippen molar-refractivity contribution >= 4 is 17.4 Å². The molecule has 0 unspecified atom stereocenters. The Hall–Kier alpha value is -1.88. The lowest BCUT2D eigenvalue weighted by atomic mass is 10.1. The van der Waals surface area contributed by atoms with Crippen molar-refractivity contribution < 1.29 is 13.9 Å². The van der Waals surface area contributed by atoms with Gasteiger partial charge in [-0.1, -0.05) is 11.6 Å². The molecule has 20 heavy (non-hydrogen) atoms. The number of hydrogen-bond donors (Lipinski definition) is 0. The molecule has 4 nitrogen and oxygen atoms in total. The minimum absolute atomic E-state index is 0.0740. The first-order chi connectivity index (χ1) is 9.40. The highest BCUT2D eigenvalue weighted by atomic mass is 35.5. The summed E-state index contributed by atoms with van der Waals surface area (Å²) in [5.41, 5.74) is 1.67. The molecule has 0 fully saturated rings. The number of benzene rings is 1. The summed E-state index contributed by atoms with van der Waals surface area (Å²) in [6.07, 6.45) is 0. The molecule has 0 bridgehead atoms. The number of nitrogens with zero attached hydrogens (tertiary/aromatic N) is 2. The lowest BCUT2D eigenvalue weighted by molar-refractivity contribution is 0.101. The number of hydrogen-bond acceptors (Lipinski definition) is 3. The summed E-state index contributed by atoms with van der Waals surface area (Å²) in [6.45, 7) is 3.27. The molecule has 0 N–H and O–H groups in total. The molecule has 0 saturated heterocycles. The summed E-state index contributed by atoms with van der Waals surface area (Å²) in [5.74, 6) is -0.696. The van der Waals surface area contributed by atoms with E-state index in [4.69, 9.17) is 16.3 Å². The maximum absolute atomic E-state index is 13.8. The highest BCUT2D eigenvalue weighted by Crippen LogP contribution is 2.23. The largest absolute Gasteiger partial charge is 0.484 e. The van der Waals surface area contributed by atoms with Crippen molar-refractivity contribution in [3.8, 4) is 5.75 Å². The number of ether oxygens (including phenoxy) is 1. The van der Waals surface area contributed by atoms with E-state index in [1.807, 2.05) is 0 Å². The first-order valence-corrected chi connectivity index (χ1v) is 6.39. The molecule has 6 heteroatoms. The summed E-state index contributed by atoms with van der Waals surface area (Å²) >= 11 is 6.09. The van der Waals surface area contributed by atoms with Crippen molar-refractivity contribution in [3.05, 3.63) is 46.0 Å². The van der Waals surface area contributed by atoms with Gasteiger partial charge in [-0.25, -0.2) is 4.39 Å². The lowest BCUT2D eigenvalue weighted by Crippen LogP contribution is -2.05. The summed E-state index contributed by atoms with van der Waals surface area (Å²) in [6, 6.07) is 4.12. The van der Waals surface area contributed by atoms with Gasteiger partial charge in [-0.05, 0) is 32.0 Å². The van der Waals surface area contributed by atoms with Crippen molar-refractivity contribution in [2.75, 3.05) is 0 Å². The molecular weight excluding hydrogens is 283 g/mol. The number of halogens is 2. The van der Waals surface area contributed by atoms with Crippen LogP contribution in [0.4, 0.5) is 4.39 Å². The van der Waals surface area contributed by atoms with E-state index in [2.05, 4.69) is 5.10 Å². The fraction of sp³-hybridized carbons (Fsp3) is 0.286. The first kappa shape index (κ1) is 14.5. The van der Waals surface area contributed by atoms with Crippen LogP contribution in [0.2, 0.25) is 5.02 Å². The molecule has 0 atom stereocenters. The molecule has 0 aliphatic heterocycles. The molecule has 1 aromatic heterocycles. The normalized spacial score (nSPS) is 10.7. The average molecular weight is 297 g/mol. The van der Waals surface area contributed by atoms with Crippen LogP contribution in [-0.2, 0) is 13.7 Å². The fourth-order valence-corrected chi connectivity index (χ4v) is 2.03. The molecule has 2 rings (SSSR count). The van der Waals surface area contributed by atoms with Crippen LogP contribution in [0.1, 0.15) is 28.7 Å². The Morgan fingerprint density at radius 1 is 1.50 bits per heavy atom. The van der Waals surface area contributed by atoms with Gasteiger partial charge in [0.1, 0.15) is 6.61 Å². The molecule has 0 aliphatic carbocycles. The number of Topliss-reactive ketones (excluding diaryl/α,β-unsaturated/α-hetero) is 1. The van der Waals surface area contributed by atoms with Gasteiger partial charge in [0.05, 0.1) is 16.4 Å². The zero-order valence-corrected chi connectivity index (χ0v) is 12.2. The molecule has 0 saturated carbocycles. The number of aryl methyl sites for hydroxylation is 2. The fourth-order valence-electron chi connectivity index (χ4n) is 1.82. The predicted octanol–water partition coefficient (Wildman–Crippen LogP) is 3.30. The summed E-state index contributed by atoms with van der Waals surface area (Å²) < 4.78 is 20.8.